The molecule has 1 saturated heterocycles. The summed E-state index contributed by atoms with van der Waals surface area (Å²) in [5.74, 6) is -0.117. The Balaban J connectivity index is 1.68. The SMILES string of the molecule is C=CCNC(=O)[C@]1(Cc2ccccc2-c2ccccc2)CCCN(C(=O)c2cccnc2)C1. The minimum Gasteiger partial charge on any atom is -0.352 e. The number of carbonyl (C=O) groups is 2. The Morgan fingerprint density at radius 2 is 1.85 bits per heavy atom. The van der Waals surface area contributed by atoms with Gasteiger partial charge in [0, 0.05) is 32.0 Å². The molecular weight excluding hydrogens is 410 g/mol. The van der Waals surface area contributed by atoms with E-state index in [0.717, 1.165) is 29.5 Å². The number of piperidine rings is 1. The lowest BCUT2D eigenvalue weighted by atomic mass is 9.73. The first kappa shape index (κ1) is 22.5. The van der Waals surface area contributed by atoms with Crippen LogP contribution in [0.3, 0.4) is 0 Å². The number of pyridine rings is 1. The zero-order valence-electron chi connectivity index (χ0n) is 18.7. The number of rotatable bonds is 7. The average Bonchev–Trinajstić information content (AvgIpc) is 2.88. The molecule has 0 saturated carbocycles. The molecular formula is C28H29N3O2. The van der Waals surface area contributed by atoms with Crippen molar-refractivity contribution < 1.29 is 9.59 Å². The van der Waals surface area contributed by atoms with Crippen molar-refractivity contribution >= 4 is 11.8 Å². The molecule has 0 radical (unpaired) electrons. The van der Waals surface area contributed by atoms with Crippen LogP contribution >= 0.6 is 0 Å². The standard InChI is InChI=1S/C28H29N3O2/c1-2-16-30-27(33)28(15-9-18-31(21-28)26(32)24-13-8-17-29-20-24)19-23-12-6-7-14-25(23)22-10-4-3-5-11-22/h2-8,10-14,17,20H,1,9,15-16,18-19,21H2,(H,30,33)/t28-/m0/s1. The largest absolute Gasteiger partial charge is 0.352 e. The van der Waals surface area contributed by atoms with E-state index in [1.165, 1.54) is 0 Å². The van der Waals surface area contributed by atoms with E-state index >= 15 is 0 Å². The number of nitrogens with one attached hydrogen (secondary N) is 1. The highest BCUT2D eigenvalue weighted by Gasteiger charge is 2.43. The van der Waals surface area contributed by atoms with E-state index < -0.39 is 5.41 Å². The second kappa shape index (κ2) is 10.3. The Kier molecular flexibility index (Phi) is 6.98. The van der Waals surface area contributed by atoms with Crippen molar-refractivity contribution in [3.63, 3.8) is 0 Å². The fourth-order valence-corrected chi connectivity index (χ4v) is 4.68. The fraction of sp³-hybridized carbons (Fsp3) is 0.250. The van der Waals surface area contributed by atoms with Gasteiger partial charge in [-0.15, -0.1) is 6.58 Å². The molecule has 3 aromatic rings. The molecule has 2 heterocycles. The first-order chi connectivity index (χ1) is 16.1. The molecule has 1 N–H and O–H groups in total. The molecule has 33 heavy (non-hydrogen) atoms. The maximum atomic E-state index is 13.5. The van der Waals surface area contributed by atoms with Crippen LogP contribution in [0, 0.1) is 5.41 Å². The number of hydrogen-bond acceptors (Lipinski definition) is 3. The quantitative estimate of drug-likeness (QED) is 0.551. The lowest BCUT2D eigenvalue weighted by molar-refractivity contribution is -0.133. The number of amides is 2. The molecule has 0 spiro atoms. The number of hydrogen-bond donors (Lipinski definition) is 1. The van der Waals surface area contributed by atoms with Gasteiger partial charge in [0.15, 0.2) is 0 Å². The van der Waals surface area contributed by atoms with Gasteiger partial charge in [0.05, 0.1) is 11.0 Å². The van der Waals surface area contributed by atoms with E-state index in [0.29, 0.717) is 31.6 Å². The monoisotopic (exact) mass is 439 g/mol. The van der Waals surface area contributed by atoms with Crippen LogP contribution in [0.2, 0.25) is 0 Å². The van der Waals surface area contributed by atoms with E-state index in [1.807, 2.05) is 30.3 Å². The molecule has 1 aliphatic rings. The molecule has 168 valence electrons. The Bertz CT molecular complexity index is 1110. The van der Waals surface area contributed by atoms with Gasteiger partial charge in [-0.3, -0.25) is 14.6 Å². The summed E-state index contributed by atoms with van der Waals surface area (Å²) < 4.78 is 0. The minimum absolute atomic E-state index is 0.0334. The Morgan fingerprint density at radius 3 is 2.61 bits per heavy atom. The summed E-state index contributed by atoms with van der Waals surface area (Å²) in [4.78, 5) is 32.6. The maximum absolute atomic E-state index is 13.5. The summed E-state index contributed by atoms with van der Waals surface area (Å²) in [6, 6.07) is 22.0. The van der Waals surface area contributed by atoms with Crippen molar-refractivity contribution in [2.45, 2.75) is 19.3 Å². The van der Waals surface area contributed by atoms with Crippen molar-refractivity contribution in [2.24, 2.45) is 5.41 Å². The minimum atomic E-state index is -0.718. The third-order valence-corrected chi connectivity index (χ3v) is 6.29. The molecule has 2 amide bonds. The maximum Gasteiger partial charge on any atom is 0.255 e. The average molecular weight is 440 g/mol. The van der Waals surface area contributed by atoms with Gasteiger partial charge in [0.25, 0.3) is 5.91 Å². The zero-order valence-corrected chi connectivity index (χ0v) is 18.7. The predicted molar refractivity (Wildman–Crippen MR) is 131 cm³/mol. The summed E-state index contributed by atoms with van der Waals surface area (Å²) in [5, 5.41) is 3.01. The summed E-state index contributed by atoms with van der Waals surface area (Å²) >= 11 is 0. The van der Waals surface area contributed by atoms with Crippen LogP contribution in [0.4, 0.5) is 0 Å². The first-order valence-electron chi connectivity index (χ1n) is 11.3. The zero-order chi connectivity index (χ0) is 23.1. The van der Waals surface area contributed by atoms with E-state index in [-0.39, 0.29) is 11.8 Å². The van der Waals surface area contributed by atoms with Gasteiger partial charge in [-0.2, -0.15) is 0 Å². The molecule has 0 aliphatic carbocycles. The van der Waals surface area contributed by atoms with Crippen molar-refractivity contribution in [1.29, 1.82) is 0 Å². The smallest absolute Gasteiger partial charge is 0.255 e. The summed E-state index contributed by atoms with van der Waals surface area (Å²) in [6.45, 7) is 5.13. The lowest BCUT2D eigenvalue weighted by Crippen LogP contribution is -2.54. The second-order valence-electron chi connectivity index (χ2n) is 8.55. The summed E-state index contributed by atoms with van der Waals surface area (Å²) in [5.41, 5.74) is 3.17. The van der Waals surface area contributed by atoms with Gasteiger partial charge in [-0.25, -0.2) is 0 Å². The third kappa shape index (κ3) is 5.03. The third-order valence-electron chi connectivity index (χ3n) is 6.29. The van der Waals surface area contributed by atoms with Gasteiger partial charge in [0.1, 0.15) is 0 Å². The van der Waals surface area contributed by atoms with Crippen LogP contribution in [-0.4, -0.2) is 41.3 Å². The van der Waals surface area contributed by atoms with Crippen molar-refractivity contribution in [3.8, 4) is 11.1 Å². The van der Waals surface area contributed by atoms with Gasteiger partial charge < -0.3 is 10.2 Å². The molecule has 1 aliphatic heterocycles. The highest BCUT2D eigenvalue weighted by Crippen LogP contribution is 2.37. The molecule has 4 rings (SSSR count). The Morgan fingerprint density at radius 1 is 1.06 bits per heavy atom. The van der Waals surface area contributed by atoms with Crippen LogP contribution in [0.5, 0.6) is 0 Å². The molecule has 5 nitrogen and oxygen atoms in total. The molecule has 0 unspecified atom stereocenters. The van der Waals surface area contributed by atoms with Crippen molar-refractivity contribution in [3.05, 3.63) is 103 Å². The van der Waals surface area contributed by atoms with E-state index in [2.05, 4.69) is 41.1 Å². The molecule has 5 heteroatoms. The lowest BCUT2D eigenvalue weighted by Gasteiger charge is -2.42. The van der Waals surface area contributed by atoms with E-state index in [1.54, 1.807) is 35.5 Å². The van der Waals surface area contributed by atoms with Gasteiger partial charge in [-0.1, -0.05) is 60.7 Å². The molecule has 1 fully saturated rings. The Labute approximate surface area is 195 Å². The number of nitrogens with zero attached hydrogens (tertiary/aromatic N) is 2. The summed E-state index contributed by atoms with van der Waals surface area (Å²) in [6.07, 6.45) is 6.96. The first-order valence-corrected chi connectivity index (χ1v) is 11.3. The number of carbonyl (C=O) groups excluding carboxylic acids is 2. The van der Waals surface area contributed by atoms with Crippen LogP contribution in [0.25, 0.3) is 11.1 Å². The number of aromatic nitrogens is 1. The van der Waals surface area contributed by atoms with Crippen LogP contribution in [0.15, 0.2) is 91.8 Å². The number of likely N-dealkylation sites (tertiary alicyclic amines) is 1. The second-order valence-corrected chi connectivity index (χ2v) is 8.55. The summed E-state index contributed by atoms with van der Waals surface area (Å²) in [7, 11) is 0. The topological polar surface area (TPSA) is 62.3 Å². The highest BCUT2D eigenvalue weighted by molar-refractivity contribution is 5.94. The van der Waals surface area contributed by atoms with Gasteiger partial charge in [0.2, 0.25) is 5.91 Å². The molecule has 1 aromatic heterocycles. The van der Waals surface area contributed by atoms with Crippen LogP contribution < -0.4 is 5.32 Å². The van der Waals surface area contributed by atoms with Crippen molar-refractivity contribution in [1.82, 2.24) is 15.2 Å². The molecule has 0 bridgehead atoms. The van der Waals surface area contributed by atoms with Gasteiger partial charge >= 0.3 is 0 Å². The molecule has 1 atom stereocenters. The Hall–Kier alpha value is -3.73. The van der Waals surface area contributed by atoms with E-state index in [9.17, 15) is 9.59 Å². The highest BCUT2D eigenvalue weighted by atomic mass is 16.2. The number of benzene rings is 2. The molecule has 2 aromatic carbocycles. The van der Waals surface area contributed by atoms with E-state index in [4.69, 9.17) is 0 Å². The van der Waals surface area contributed by atoms with Crippen LogP contribution in [0.1, 0.15) is 28.8 Å². The predicted octanol–water partition coefficient (Wildman–Crippen LogP) is 4.52. The fourth-order valence-electron chi connectivity index (χ4n) is 4.68. The van der Waals surface area contributed by atoms with Gasteiger partial charge in [-0.05, 0) is 48.1 Å². The van der Waals surface area contributed by atoms with Crippen molar-refractivity contribution in [2.75, 3.05) is 19.6 Å². The van der Waals surface area contributed by atoms with Crippen LogP contribution in [-0.2, 0) is 11.2 Å². The normalized spacial score (nSPS) is 17.9.